The molecule has 0 unspecified atom stereocenters. The number of ether oxygens (including phenoxy) is 1. The minimum atomic E-state index is -0.571. The van der Waals surface area contributed by atoms with E-state index in [1.807, 2.05) is 11.4 Å². The largest absolute Gasteiger partial charge is 0.390 e. The van der Waals surface area contributed by atoms with Crippen molar-refractivity contribution in [1.29, 1.82) is 0 Å². The molecule has 136 valence electrons. The van der Waals surface area contributed by atoms with Crippen molar-refractivity contribution in [2.24, 2.45) is 0 Å². The number of aryl methyl sites for hydroxylation is 1. The number of anilines is 1. The van der Waals surface area contributed by atoms with E-state index in [1.165, 1.54) is 22.9 Å². The zero-order chi connectivity index (χ0) is 17.9. The first-order chi connectivity index (χ1) is 12.7. The number of nitrogens with zero attached hydrogens (tertiary/aromatic N) is 2. The Morgan fingerprint density at radius 2 is 2.19 bits per heavy atom. The van der Waals surface area contributed by atoms with E-state index in [9.17, 15) is 5.11 Å². The van der Waals surface area contributed by atoms with Crippen LogP contribution in [0.5, 0.6) is 0 Å². The standard InChI is InChI=1S/C19H21N3O2S2/c20-17-15-8-9-25-18(15)22-19(21-17)26-11-13(23)10-24-16-7-3-5-12-4-1-2-6-14(12)16/h1-2,4,6,8-9,13,16,23H,3,5,7,10-11H2,(H2,20,21,22)/t13-,16+/m1/s1. The summed E-state index contributed by atoms with van der Waals surface area (Å²) in [5.74, 6) is 0.966. The molecule has 3 aromatic rings. The highest BCUT2D eigenvalue weighted by Gasteiger charge is 2.21. The fraction of sp³-hybridized carbons (Fsp3) is 0.368. The summed E-state index contributed by atoms with van der Waals surface area (Å²) in [5, 5.41) is 13.7. The van der Waals surface area contributed by atoms with Gasteiger partial charge in [0.05, 0.1) is 24.2 Å². The Morgan fingerprint density at radius 3 is 3.12 bits per heavy atom. The lowest BCUT2D eigenvalue weighted by molar-refractivity contribution is -0.00960. The Balaban J connectivity index is 1.32. The van der Waals surface area contributed by atoms with E-state index in [1.54, 1.807) is 11.3 Å². The van der Waals surface area contributed by atoms with Crippen molar-refractivity contribution in [1.82, 2.24) is 9.97 Å². The van der Waals surface area contributed by atoms with E-state index in [0.29, 0.717) is 23.3 Å². The number of rotatable bonds is 6. The van der Waals surface area contributed by atoms with Crippen molar-refractivity contribution in [2.45, 2.75) is 36.6 Å². The maximum atomic E-state index is 10.3. The fourth-order valence-corrected chi connectivity index (χ4v) is 4.84. The number of nitrogens with two attached hydrogens (primary N) is 1. The smallest absolute Gasteiger partial charge is 0.190 e. The van der Waals surface area contributed by atoms with Gasteiger partial charge in [0, 0.05) is 5.75 Å². The van der Waals surface area contributed by atoms with E-state index in [0.717, 1.165) is 29.5 Å². The molecule has 2 heterocycles. The van der Waals surface area contributed by atoms with Gasteiger partial charge in [-0.15, -0.1) is 11.3 Å². The first-order valence-electron chi connectivity index (χ1n) is 8.71. The summed E-state index contributed by atoms with van der Waals surface area (Å²) >= 11 is 2.95. The summed E-state index contributed by atoms with van der Waals surface area (Å²) in [6.45, 7) is 0.308. The summed E-state index contributed by atoms with van der Waals surface area (Å²) in [4.78, 5) is 9.67. The van der Waals surface area contributed by atoms with Crippen LogP contribution in [0.3, 0.4) is 0 Å². The molecule has 0 fully saturated rings. The van der Waals surface area contributed by atoms with E-state index in [-0.39, 0.29) is 6.10 Å². The van der Waals surface area contributed by atoms with Gasteiger partial charge in [0.25, 0.3) is 0 Å². The van der Waals surface area contributed by atoms with Gasteiger partial charge < -0.3 is 15.6 Å². The topological polar surface area (TPSA) is 81.3 Å². The minimum Gasteiger partial charge on any atom is -0.390 e. The van der Waals surface area contributed by atoms with Gasteiger partial charge in [0.1, 0.15) is 10.6 Å². The van der Waals surface area contributed by atoms with Crippen molar-refractivity contribution in [2.75, 3.05) is 18.1 Å². The molecule has 7 heteroatoms. The molecule has 3 N–H and O–H groups in total. The van der Waals surface area contributed by atoms with Gasteiger partial charge in [-0.05, 0) is 41.8 Å². The van der Waals surface area contributed by atoms with E-state index >= 15 is 0 Å². The van der Waals surface area contributed by atoms with Crippen LogP contribution < -0.4 is 5.73 Å². The Kier molecular flexibility index (Phi) is 5.40. The molecule has 0 saturated heterocycles. The quantitative estimate of drug-likeness (QED) is 0.494. The normalized spacial score (nSPS) is 18.0. The van der Waals surface area contributed by atoms with Crippen LogP contribution >= 0.6 is 23.1 Å². The Bertz CT molecular complexity index is 899. The first kappa shape index (κ1) is 17.7. The number of fused-ring (bicyclic) bond motifs is 2. The Labute approximate surface area is 160 Å². The molecule has 2 aromatic heterocycles. The number of aliphatic hydroxyl groups excluding tert-OH is 1. The van der Waals surface area contributed by atoms with Crippen LogP contribution in [0, 0.1) is 0 Å². The highest BCUT2D eigenvalue weighted by Crippen LogP contribution is 2.32. The molecule has 0 bridgehead atoms. The number of hydrogen-bond donors (Lipinski definition) is 2. The molecule has 1 aliphatic carbocycles. The number of nitrogen functional groups attached to an aromatic ring is 1. The number of hydrogen-bond acceptors (Lipinski definition) is 7. The third-order valence-electron chi connectivity index (χ3n) is 4.54. The van der Waals surface area contributed by atoms with Gasteiger partial charge >= 0.3 is 0 Å². The molecule has 4 rings (SSSR count). The molecular formula is C19H21N3O2S2. The van der Waals surface area contributed by atoms with Crippen LogP contribution in [-0.2, 0) is 11.2 Å². The summed E-state index contributed by atoms with van der Waals surface area (Å²) in [5.41, 5.74) is 8.59. The van der Waals surface area contributed by atoms with Crippen molar-refractivity contribution in [3.05, 3.63) is 46.8 Å². The molecule has 1 aliphatic rings. The van der Waals surface area contributed by atoms with Crippen LogP contribution in [0.4, 0.5) is 5.82 Å². The lowest BCUT2D eigenvalue weighted by atomic mass is 9.89. The maximum Gasteiger partial charge on any atom is 0.190 e. The number of thiophene rings is 1. The molecule has 1 aromatic carbocycles. The Morgan fingerprint density at radius 1 is 1.31 bits per heavy atom. The monoisotopic (exact) mass is 387 g/mol. The maximum absolute atomic E-state index is 10.3. The third-order valence-corrected chi connectivity index (χ3v) is 6.34. The number of benzene rings is 1. The lowest BCUT2D eigenvalue weighted by Gasteiger charge is -2.26. The van der Waals surface area contributed by atoms with Gasteiger partial charge in [0.2, 0.25) is 0 Å². The number of aliphatic hydroxyl groups is 1. The summed E-state index contributed by atoms with van der Waals surface area (Å²) < 4.78 is 6.01. The second-order valence-electron chi connectivity index (χ2n) is 6.41. The summed E-state index contributed by atoms with van der Waals surface area (Å²) in [6, 6.07) is 10.3. The van der Waals surface area contributed by atoms with Crippen molar-refractivity contribution in [3.8, 4) is 0 Å². The van der Waals surface area contributed by atoms with Crippen LogP contribution in [0.2, 0.25) is 0 Å². The van der Waals surface area contributed by atoms with Crippen molar-refractivity contribution >= 4 is 39.1 Å². The molecule has 5 nitrogen and oxygen atoms in total. The summed E-state index contributed by atoms with van der Waals surface area (Å²) in [6.07, 6.45) is 2.75. The first-order valence-corrected chi connectivity index (χ1v) is 10.6. The Hall–Kier alpha value is -1.67. The van der Waals surface area contributed by atoms with Gasteiger partial charge in [-0.3, -0.25) is 0 Å². The van der Waals surface area contributed by atoms with Crippen LogP contribution in [0.25, 0.3) is 10.2 Å². The van der Waals surface area contributed by atoms with Crippen LogP contribution in [0.15, 0.2) is 40.9 Å². The fourth-order valence-electron chi connectivity index (χ4n) is 3.25. The van der Waals surface area contributed by atoms with Crippen LogP contribution in [-0.4, -0.2) is 33.5 Å². The molecule has 26 heavy (non-hydrogen) atoms. The predicted octanol–water partition coefficient (Wildman–Crippen LogP) is 3.82. The molecule has 0 spiro atoms. The van der Waals surface area contributed by atoms with Gasteiger partial charge in [0.15, 0.2) is 5.16 Å². The van der Waals surface area contributed by atoms with Crippen LogP contribution in [0.1, 0.15) is 30.1 Å². The predicted molar refractivity (Wildman–Crippen MR) is 107 cm³/mol. The second-order valence-corrected chi connectivity index (χ2v) is 8.29. The number of aromatic nitrogens is 2. The van der Waals surface area contributed by atoms with Gasteiger partial charge in [-0.1, -0.05) is 36.0 Å². The van der Waals surface area contributed by atoms with Gasteiger partial charge in [-0.2, -0.15) is 0 Å². The van der Waals surface area contributed by atoms with Gasteiger partial charge in [-0.25, -0.2) is 9.97 Å². The third kappa shape index (κ3) is 3.86. The van der Waals surface area contributed by atoms with Crippen molar-refractivity contribution < 1.29 is 9.84 Å². The molecule has 0 radical (unpaired) electrons. The van der Waals surface area contributed by atoms with Crippen molar-refractivity contribution in [3.63, 3.8) is 0 Å². The highest BCUT2D eigenvalue weighted by atomic mass is 32.2. The molecule has 0 aliphatic heterocycles. The minimum absolute atomic E-state index is 0.0777. The molecule has 2 atom stereocenters. The van der Waals surface area contributed by atoms with E-state index < -0.39 is 6.10 Å². The molecular weight excluding hydrogens is 366 g/mol. The summed E-state index contributed by atoms with van der Waals surface area (Å²) in [7, 11) is 0. The SMILES string of the molecule is Nc1nc(SC[C@H](O)CO[C@H]2CCCc3ccccc32)nc2sccc12. The zero-order valence-corrected chi connectivity index (χ0v) is 15.9. The molecule has 0 amide bonds. The second kappa shape index (κ2) is 7.92. The lowest BCUT2D eigenvalue weighted by Crippen LogP contribution is -2.22. The average Bonchev–Trinajstić information content (AvgIpc) is 3.14. The van der Waals surface area contributed by atoms with E-state index in [4.69, 9.17) is 10.5 Å². The average molecular weight is 388 g/mol. The molecule has 0 saturated carbocycles. The van der Waals surface area contributed by atoms with E-state index in [2.05, 4.69) is 34.2 Å². The zero-order valence-electron chi connectivity index (χ0n) is 14.3. The highest BCUT2D eigenvalue weighted by molar-refractivity contribution is 7.99. The number of thioether (sulfide) groups is 1.